The van der Waals surface area contributed by atoms with Gasteiger partial charge in [-0.3, -0.25) is 4.79 Å². The molecular formula is C18H18FN3O2. The zero-order valence-electron chi connectivity index (χ0n) is 13.2. The summed E-state index contributed by atoms with van der Waals surface area (Å²) < 4.78 is 13.6. The van der Waals surface area contributed by atoms with Crippen molar-refractivity contribution in [1.82, 2.24) is 15.3 Å². The number of carbonyl (C=O) groups is 1. The van der Waals surface area contributed by atoms with E-state index in [4.69, 9.17) is 0 Å². The minimum atomic E-state index is -0.681. The van der Waals surface area contributed by atoms with Crippen molar-refractivity contribution in [3.63, 3.8) is 0 Å². The number of fused-ring (bicyclic) bond motifs is 1. The van der Waals surface area contributed by atoms with E-state index in [0.717, 1.165) is 5.56 Å². The fraction of sp³-hybridized carbons (Fsp3) is 0.222. The van der Waals surface area contributed by atoms with Crippen molar-refractivity contribution >= 4 is 16.9 Å². The molecule has 24 heavy (non-hydrogen) atoms. The van der Waals surface area contributed by atoms with E-state index < -0.39 is 17.8 Å². The Kier molecular flexibility index (Phi) is 4.57. The van der Waals surface area contributed by atoms with Crippen LogP contribution in [0.1, 0.15) is 35.4 Å². The lowest BCUT2D eigenvalue weighted by Gasteiger charge is -2.18. The third-order valence-electron chi connectivity index (χ3n) is 3.87. The van der Waals surface area contributed by atoms with Crippen LogP contribution in [0.2, 0.25) is 0 Å². The molecule has 3 aromatic rings. The van der Waals surface area contributed by atoms with Crippen molar-refractivity contribution < 1.29 is 14.3 Å². The molecule has 2 atom stereocenters. The van der Waals surface area contributed by atoms with E-state index in [2.05, 4.69) is 15.3 Å². The Morgan fingerprint density at radius 1 is 1.33 bits per heavy atom. The molecule has 1 amide bonds. The van der Waals surface area contributed by atoms with Gasteiger partial charge in [0.15, 0.2) is 0 Å². The van der Waals surface area contributed by atoms with E-state index >= 15 is 0 Å². The fourth-order valence-electron chi connectivity index (χ4n) is 2.69. The highest BCUT2D eigenvalue weighted by atomic mass is 19.1. The van der Waals surface area contributed by atoms with E-state index in [1.165, 1.54) is 18.5 Å². The second-order valence-corrected chi connectivity index (χ2v) is 5.79. The SMILES string of the molecule is C[C@H](C[C@H](O)c1ccccc1)NC(=O)c1cc(F)cc2[nH]cnc12. The summed E-state index contributed by atoms with van der Waals surface area (Å²) in [5.41, 5.74) is 1.85. The van der Waals surface area contributed by atoms with Crippen LogP contribution < -0.4 is 5.32 Å². The number of amides is 1. The van der Waals surface area contributed by atoms with Crippen LogP contribution in [0.15, 0.2) is 48.8 Å². The maximum absolute atomic E-state index is 13.6. The molecule has 0 aliphatic carbocycles. The van der Waals surface area contributed by atoms with Crippen LogP contribution in [0.4, 0.5) is 4.39 Å². The van der Waals surface area contributed by atoms with Gasteiger partial charge in [-0.1, -0.05) is 30.3 Å². The van der Waals surface area contributed by atoms with Gasteiger partial charge in [0, 0.05) is 6.04 Å². The molecule has 0 unspecified atom stereocenters. The molecule has 1 aromatic heterocycles. The van der Waals surface area contributed by atoms with Crippen molar-refractivity contribution in [2.24, 2.45) is 0 Å². The predicted molar refractivity (Wildman–Crippen MR) is 89.0 cm³/mol. The number of rotatable bonds is 5. The minimum Gasteiger partial charge on any atom is -0.388 e. The summed E-state index contributed by atoms with van der Waals surface area (Å²) >= 11 is 0. The number of hydrogen-bond acceptors (Lipinski definition) is 3. The number of imidazole rings is 1. The number of nitrogens with one attached hydrogen (secondary N) is 2. The Labute approximate surface area is 138 Å². The lowest BCUT2D eigenvalue weighted by molar-refractivity contribution is 0.0918. The highest BCUT2D eigenvalue weighted by molar-refractivity contribution is 6.04. The topological polar surface area (TPSA) is 78.0 Å². The summed E-state index contributed by atoms with van der Waals surface area (Å²) in [4.78, 5) is 19.3. The highest BCUT2D eigenvalue weighted by Crippen LogP contribution is 2.20. The van der Waals surface area contributed by atoms with Crippen molar-refractivity contribution in [2.45, 2.75) is 25.5 Å². The number of benzene rings is 2. The molecule has 0 saturated carbocycles. The van der Waals surface area contributed by atoms with Gasteiger partial charge in [0.25, 0.3) is 5.91 Å². The molecule has 3 rings (SSSR count). The van der Waals surface area contributed by atoms with Gasteiger partial charge in [-0.05, 0) is 31.0 Å². The average Bonchev–Trinajstić information content (AvgIpc) is 3.02. The highest BCUT2D eigenvalue weighted by Gasteiger charge is 2.18. The fourth-order valence-corrected chi connectivity index (χ4v) is 2.69. The Morgan fingerprint density at radius 3 is 2.83 bits per heavy atom. The van der Waals surface area contributed by atoms with Gasteiger partial charge in [-0.25, -0.2) is 9.37 Å². The number of carbonyl (C=O) groups excluding carboxylic acids is 1. The van der Waals surface area contributed by atoms with Crippen molar-refractivity contribution in [3.8, 4) is 0 Å². The summed E-state index contributed by atoms with van der Waals surface area (Å²) in [6.45, 7) is 1.80. The second kappa shape index (κ2) is 6.80. The first-order valence-electron chi connectivity index (χ1n) is 7.71. The smallest absolute Gasteiger partial charge is 0.253 e. The minimum absolute atomic E-state index is 0.173. The Bertz CT molecular complexity index is 848. The summed E-state index contributed by atoms with van der Waals surface area (Å²) in [5.74, 6) is -0.923. The number of aliphatic hydroxyl groups is 1. The first kappa shape index (κ1) is 16.1. The monoisotopic (exact) mass is 327 g/mol. The number of halogens is 1. The zero-order valence-corrected chi connectivity index (χ0v) is 13.2. The van der Waals surface area contributed by atoms with Gasteiger partial charge >= 0.3 is 0 Å². The molecule has 6 heteroatoms. The van der Waals surface area contributed by atoms with Crippen LogP contribution in [-0.4, -0.2) is 27.0 Å². The molecule has 0 saturated heterocycles. The van der Waals surface area contributed by atoms with Crippen molar-refractivity contribution in [2.75, 3.05) is 0 Å². The molecule has 0 radical (unpaired) electrons. The van der Waals surface area contributed by atoms with Gasteiger partial charge in [0.1, 0.15) is 11.3 Å². The lowest BCUT2D eigenvalue weighted by Crippen LogP contribution is -2.34. The Morgan fingerprint density at radius 2 is 2.08 bits per heavy atom. The molecule has 124 valence electrons. The molecule has 5 nitrogen and oxygen atoms in total. The second-order valence-electron chi connectivity index (χ2n) is 5.79. The van der Waals surface area contributed by atoms with Gasteiger partial charge in [0.05, 0.1) is 23.5 Å². The van der Waals surface area contributed by atoms with Crippen LogP contribution in [0, 0.1) is 5.82 Å². The summed E-state index contributed by atoms with van der Waals surface area (Å²) in [7, 11) is 0. The molecule has 0 aliphatic heterocycles. The summed E-state index contributed by atoms with van der Waals surface area (Å²) in [6.07, 6.45) is 1.09. The molecule has 2 aromatic carbocycles. The van der Waals surface area contributed by atoms with Crippen molar-refractivity contribution in [1.29, 1.82) is 0 Å². The van der Waals surface area contributed by atoms with Gasteiger partial charge < -0.3 is 15.4 Å². The molecule has 0 aliphatic rings. The average molecular weight is 327 g/mol. The standard InChI is InChI=1S/C18H18FN3O2/c1-11(7-16(23)12-5-3-2-4-6-12)22-18(24)14-8-13(19)9-15-17(14)21-10-20-15/h2-6,8-11,16,23H,7H2,1H3,(H,20,21)(H,22,24)/t11-,16+/m1/s1. The third kappa shape index (κ3) is 3.44. The first-order chi connectivity index (χ1) is 11.5. The van der Waals surface area contributed by atoms with Crippen LogP contribution in [0.3, 0.4) is 0 Å². The van der Waals surface area contributed by atoms with Crippen LogP contribution >= 0.6 is 0 Å². The van der Waals surface area contributed by atoms with Crippen LogP contribution in [0.5, 0.6) is 0 Å². The van der Waals surface area contributed by atoms with Crippen LogP contribution in [0.25, 0.3) is 11.0 Å². The van der Waals surface area contributed by atoms with Gasteiger partial charge in [0.2, 0.25) is 0 Å². The lowest BCUT2D eigenvalue weighted by atomic mass is 10.0. The summed E-state index contributed by atoms with van der Waals surface area (Å²) in [6, 6.07) is 11.4. The zero-order chi connectivity index (χ0) is 17.1. The molecule has 1 heterocycles. The Hall–Kier alpha value is -2.73. The third-order valence-corrected chi connectivity index (χ3v) is 3.87. The first-order valence-corrected chi connectivity index (χ1v) is 7.71. The number of hydrogen-bond donors (Lipinski definition) is 3. The molecule has 3 N–H and O–H groups in total. The number of aromatic amines is 1. The van der Waals surface area contributed by atoms with Gasteiger partial charge in [-0.15, -0.1) is 0 Å². The van der Waals surface area contributed by atoms with E-state index in [9.17, 15) is 14.3 Å². The van der Waals surface area contributed by atoms with Gasteiger partial charge in [-0.2, -0.15) is 0 Å². The molecular weight excluding hydrogens is 309 g/mol. The summed E-state index contributed by atoms with van der Waals surface area (Å²) in [5, 5.41) is 13.0. The molecule has 0 bridgehead atoms. The quantitative estimate of drug-likeness (QED) is 0.674. The molecule has 0 spiro atoms. The largest absolute Gasteiger partial charge is 0.388 e. The van der Waals surface area contributed by atoms with Crippen molar-refractivity contribution in [3.05, 3.63) is 65.7 Å². The Balaban J connectivity index is 1.71. The normalized spacial score (nSPS) is 13.6. The van der Waals surface area contributed by atoms with E-state index in [1.807, 2.05) is 30.3 Å². The van der Waals surface area contributed by atoms with E-state index in [1.54, 1.807) is 6.92 Å². The predicted octanol–water partition coefficient (Wildman–Crippen LogP) is 2.94. The number of nitrogens with zero attached hydrogens (tertiary/aromatic N) is 1. The number of H-pyrrole nitrogens is 1. The van der Waals surface area contributed by atoms with Crippen LogP contribution in [-0.2, 0) is 0 Å². The van der Waals surface area contributed by atoms with E-state index in [0.29, 0.717) is 17.5 Å². The maximum atomic E-state index is 13.6. The van der Waals surface area contributed by atoms with E-state index in [-0.39, 0.29) is 11.6 Å². The molecule has 0 fully saturated rings. The number of aliphatic hydroxyl groups excluding tert-OH is 1. The maximum Gasteiger partial charge on any atom is 0.253 e. The number of aromatic nitrogens is 2.